The normalized spacial score (nSPS) is 43.8. The van der Waals surface area contributed by atoms with Crippen molar-refractivity contribution in [2.45, 2.75) is 64.6 Å². The standard InChI is InChI=1S/C22H31F3N2O2/c1-20-10-8-15-13(4-7-17-21(15,2)11-9-18(28)26-17)14(20)5-6-16(20)19(29)27(3)12-22(23,24)25/h9,11,13-17H,4-8,10,12H2,1-3H3,(H,26,28)/t13-,14-,15+,16?,17?,20-,21+/m0/s1. The first-order valence-electron chi connectivity index (χ1n) is 10.8. The smallest absolute Gasteiger partial charge is 0.349 e. The molecule has 1 N–H and O–H groups in total. The van der Waals surface area contributed by atoms with Crippen molar-refractivity contribution in [1.82, 2.24) is 10.2 Å². The lowest BCUT2D eigenvalue weighted by molar-refractivity contribution is -0.165. The van der Waals surface area contributed by atoms with Gasteiger partial charge in [-0.2, -0.15) is 13.2 Å². The number of fused-ring (bicyclic) bond motifs is 5. The number of nitrogens with zero attached hydrogens (tertiary/aromatic N) is 1. The number of carbonyl (C=O) groups is 2. The van der Waals surface area contributed by atoms with Crippen LogP contribution in [-0.2, 0) is 9.59 Å². The quantitative estimate of drug-likeness (QED) is 0.747. The van der Waals surface area contributed by atoms with Crippen molar-refractivity contribution in [1.29, 1.82) is 0 Å². The van der Waals surface area contributed by atoms with E-state index in [0.717, 1.165) is 37.0 Å². The molecule has 0 spiro atoms. The molecule has 0 aromatic heterocycles. The lowest BCUT2D eigenvalue weighted by Crippen LogP contribution is -2.59. The molecule has 3 fully saturated rings. The van der Waals surface area contributed by atoms with Gasteiger partial charge in [0.15, 0.2) is 0 Å². The van der Waals surface area contributed by atoms with Gasteiger partial charge in [0.05, 0.1) is 0 Å². The third-order valence-corrected chi connectivity index (χ3v) is 8.78. The largest absolute Gasteiger partial charge is 0.406 e. The molecular formula is C22H31F3N2O2. The second-order valence-electron chi connectivity index (χ2n) is 10.2. The molecule has 4 nitrogen and oxygen atoms in total. The SMILES string of the molecule is CN(CC(F)(F)F)C(=O)C1CC[C@H]2[C@@H]3CCC4NC(=O)C=C[C@]4(C)[C@@H]3CC[C@]12C. The number of amides is 2. The van der Waals surface area contributed by atoms with E-state index in [0.29, 0.717) is 24.2 Å². The van der Waals surface area contributed by atoms with E-state index in [1.807, 2.05) is 0 Å². The molecule has 4 aliphatic rings. The minimum absolute atomic E-state index is 0.0224. The van der Waals surface area contributed by atoms with Gasteiger partial charge in [0, 0.05) is 24.4 Å². The Morgan fingerprint density at radius 1 is 1.17 bits per heavy atom. The van der Waals surface area contributed by atoms with Crippen LogP contribution in [0.1, 0.15) is 52.4 Å². The van der Waals surface area contributed by atoms with Crippen LogP contribution in [0.2, 0.25) is 0 Å². The zero-order chi connectivity index (χ0) is 21.2. The fourth-order valence-electron chi connectivity index (χ4n) is 7.35. The van der Waals surface area contributed by atoms with Gasteiger partial charge < -0.3 is 10.2 Å². The van der Waals surface area contributed by atoms with Gasteiger partial charge in [-0.3, -0.25) is 9.59 Å². The highest BCUT2D eigenvalue weighted by Gasteiger charge is 2.61. The molecule has 162 valence electrons. The molecule has 0 aromatic carbocycles. The Labute approximate surface area is 170 Å². The minimum atomic E-state index is -4.37. The van der Waals surface area contributed by atoms with Gasteiger partial charge >= 0.3 is 6.18 Å². The van der Waals surface area contributed by atoms with Crippen LogP contribution in [0.5, 0.6) is 0 Å². The number of rotatable bonds is 2. The molecule has 7 atom stereocenters. The highest BCUT2D eigenvalue weighted by molar-refractivity contribution is 5.89. The monoisotopic (exact) mass is 412 g/mol. The van der Waals surface area contributed by atoms with Crippen LogP contribution in [0, 0.1) is 34.5 Å². The highest BCUT2D eigenvalue weighted by atomic mass is 19.4. The molecule has 7 heteroatoms. The molecule has 0 bridgehead atoms. The second kappa shape index (κ2) is 6.74. The van der Waals surface area contributed by atoms with Gasteiger partial charge in [0.2, 0.25) is 11.8 Å². The Morgan fingerprint density at radius 2 is 1.90 bits per heavy atom. The van der Waals surface area contributed by atoms with Crippen LogP contribution in [0.15, 0.2) is 12.2 Å². The first-order chi connectivity index (χ1) is 13.5. The molecule has 1 aliphatic heterocycles. The number of carbonyl (C=O) groups excluding carboxylic acids is 2. The molecule has 4 rings (SSSR count). The molecule has 3 saturated carbocycles. The van der Waals surface area contributed by atoms with Crippen molar-refractivity contribution >= 4 is 11.8 Å². The van der Waals surface area contributed by atoms with E-state index in [4.69, 9.17) is 0 Å². The zero-order valence-electron chi connectivity index (χ0n) is 17.4. The summed E-state index contributed by atoms with van der Waals surface area (Å²) in [5.74, 6) is 0.561. The van der Waals surface area contributed by atoms with Gasteiger partial charge in [-0.25, -0.2) is 0 Å². The number of halogens is 3. The average molecular weight is 412 g/mol. The number of alkyl halides is 3. The summed E-state index contributed by atoms with van der Waals surface area (Å²) < 4.78 is 38.4. The summed E-state index contributed by atoms with van der Waals surface area (Å²) >= 11 is 0. The molecule has 1 heterocycles. The van der Waals surface area contributed by atoms with Crippen molar-refractivity contribution in [3.8, 4) is 0 Å². The van der Waals surface area contributed by atoms with Crippen molar-refractivity contribution in [3.05, 3.63) is 12.2 Å². The summed E-state index contributed by atoms with van der Waals surface area (Å²) in [5, 5.41) is 3.13. The Kier molecular flexibility index (Phi) is 4.82. The van der Waals surface area contributed by atoms with Gasteiger partial charge in [-0.15, -0.1) is 0 Å². The number of hydrogen-bond donors (Lipinski definition) is 1. The van der Waals surface area contributed by atoms with Crippen LogP contribution in [-0.4, -0.2) is 42.5 Å². The Balaban J connectivity index is 1.55. The van der Waals surface area contributed by atoms with Crippen LogP contribution in [0.4, 0.5) is 13.2 Å². The summed E-state index contributed by atoms with van der Waals surface area (Å²) in [6, 6.07) is 0.155. The maximum Gasteiger partial charge on any atom is 0.406 e. The van der Waals surface area contributed by atoms with E-state index in [9.17, 15) is 22.8 Å². The maximum atomic E-state index is 12.9. The lowest BCUT2D eigenvalue weighted by atomic mass is 9.48. The zero-order valence-corrected chi connectivity index (χ0v) is 17.4. The van der Waals surface area contributed by atoms with Crippen LogP contribution in [0.25, 0.3) is 0 Å². The first kappa shape index (κ1) is 20.7. The average Bonchev–Trinajstić information content (AvgIpc) is 2.97. The van der Waals surface area contributed by atoms with Gasteiger partial charge in [0.25, 0.3) is 0 Å². The third kappa shape index (κ3) is 3.28. The van der Waals surface area contributed by atoms with E-state index in [1.165, 1.54) is 7.05 Å². The van der Waals surface area contributed by atoms with Gasteiger partial charge in [-0.05, 0) is 67.8 Å². The van der Waals surface area contributed by atoms with E-state index in [2.05, 4.69) is 25.2 Å². The maximum absolute atomic E-state index is 12.9. The molecule has 2 unspecified atom stereocenters. The molecule has 0 saturated heterocycles. The molecule has 2 amide bonds. The molecule has 29 heavy (non-hydrogen) atoms. The Bertz CT molecular complexity index is 736. The van der Waals surface area contributed by atoms with Crippen LogP contribution >= 0.6 is 0 Å². The molecule has 0 radical (unpaired) electrons. The predicted octanol–water partition coefficient (Wildman–Crippen LogP) is 3.92. The number of nitrogens with one attached hydrogen (secondary N) is 1. The topological polar surface area (TPSA) is 49.4 Å². The predicted molar refractivity (Wildman–Crippen MR) is 103 cm³/mol. The van der Waals surface area contributed by atoms with Crippen molar-refractivity contribution in [3.63, 3.8) is 0 Å². The third-order valence-electron chi connectivity index (χ3n) is 8.78. The van der Waals surface area contributed by atoms with Crippen LogP contribution < -0.4 is 5.32 Å². The fourth-order valence-corrected chi connectivity index (χ4v) is 7.35. The summed E-state index contributed by atoms with van der Waals surface area (Å²) in [5.41, 5.74) is -0.309. The lowest BCUT2D eigenvalue weighted by Gasteiger charge is -2.58. The Hall–Kier alpha value is -1.53. The minimum Gasteiger partial charge on any atom is -0.349 e. The highest BCUT2D eigenvalue weighted by Crippen LogP contribution is 2.65. The fraction of sp³-hybridized carbons (Fsp3) is 0.818. The van der Waals surface area contributed by atoms with E-state index >= 15 is 0 Å². The first-order valence-corrected chi connectivity index (χ1v) is 10.8. The van der Waals surface area contributed by atoms with E-state index in [-0.39, 0.29) is 34.6 Å². The summed E-state index contributed by atoms with van der Waals surface area (Å²) in [4.78, 5) is 25.6. The summed E-state index contributed by atoms with van der Waals surface area (Å²) in [6.07, 6.45) is 4.71. The molecule has 0 aromatic rings. The summed E-state index contributed by atoms with van der Waals surface area (Å²) in [7, 11) is 1.28. The Morgan fingerprint density at radius 3 is 2.59 bits per heavy atom. The molecule has 3 aliphatic carbocycles. The van der Waals surface area contributed by atoms with Gasteiger partial charge in [-0.1, -0.05) is 19.9 Å². The second-order valence-corrected chi connectivity index (χ2v) is 10.2. The van der Waals surface area contributed by atoms with E-state index in [1.54, 1.807) is 6.08 Å². The van der Waals surface area contributed by atoms with Gasteiger partial charge in [0.1, 0.15) is 6.54 Å². The summed E-state index contributed by atoms with van der Waals surface area (Å²) in [6.45, 7) is 3.19. The number of hydrogen-bond acceptors (Lipinski definition) is 2. The van der Waals surface area contributed by atoms with Crippen molar-refractivity contribution in [2.75, 3.05) is 13.6 Å². The van der Waals surface area contributed by atoms with Crippen LogP contribution in [0.3, 0.4) is 0 Å². The molecular weight excluding hydrogens is 381 g/mol. The van der Waals surface area contributed by atoms with Crippen molar-refractivity contribution < 1.29 is 22.8 Å². The van der Waals surface area contributed by atoms with E-state index < -0.39 is 12.7 Å². The van der Waals surface area contributed by atoms with Crippen molar-refractivity contribution in [2.24, 2.45) is 34.5 Å².